The van der Waals surface area contributed by atoms with E-state index in [0.29, 0.717) is 30.9 Å². The van der Waals surface area contributed by atoms with Crippen molar-refractivity contribution in [3.05, 3.63) is 58.7 Å². The molecular formula is C30H42O8Si. The normalized spacial score (nSPS) is 27.3. The van der Waals surface area contributed by atoms with E-state index in [4.69, 9.17) is 18.9 Å². The SMILES string of the molecule is CCc1ccc(C2(OC)O[C@@H](C(=O)[Si](C)(C)C(C)(C)C)[C@@H](O)[C@H](O)[C@H]2O)cc1Cc1ccc2c(c1)OCCO2. The molecule has 0 bridgehead atoms. The fraction of sp³-hybridized carbons (Fsp3) is 0.567. The van der Waals surface area contributed by atoms with Crippen LogP contribution < -0.4 is 9.47 Å². The fourth-order valence-electron chi connectivity index (χ4n) is 5.15. The number of rotatable bonds is 7. The minimum absolute atomic E-state index is 0.239. The Morgan fingerprint density at radius 3 is 2.28 bits per heavy atom. The summed E-state index contributed by atoms with van der Waals surface area (Å²) in [6.45, 7) is 12.9. The maximum atomic E-state index is 13.8. The molecule has 1 fully saturated rings. The predicted molar refractivity (Wildman–Crippen MR) is 150 cm³/mol. The molecule has 0 aliphatic carbocycles. The highest BCUT2D eigenvalue weighted by atomic mass is 28.3. The smallest absolute Gasteiger partial charge is 0.225 e. The summed E-state index contributed by atoms with van der Waals surface area (Å²) in [7, 11) is -1.28. The summed E-state index contributed by atoms with van der Waals surface area (Å²) in [5.74, 6) is -0.428. The van der Waals surface area contributed by atoms with Crippen LogP contribution in [0, 0.1) is 0 Å². The van der Waals surface area contributed by atoms with E-state index in [-0.39, 0.29) is 10.4 Å². The number of aliphatic hydroxyl groups is 3. The number of hydrogen-bond donors (Lipinski definition) is 3. The van der Waals surface area contributed by atoms with Gasteiger partial charge in [-0.2, -0.15) is 0 Å². The minimum atomic E-state index is -2.65. The Balaban J connectivity index is 1.74. The highest BCUT2D eigenvalue weighted by molar-refractivity contribution is 7.06. The van der Waals surface area contributed by atoms with Gasteiger partial charge >= 0.3 is 0 Å². The van der Waals surface area contributed by atoms with Crippen LogP contribution in [0.5, 0.6) is 11.5 Å². The maximum Gasteiger partial charge on any atom is 0.225 e. The van der Waals surface area contributed by atoms with Gasteiger partial charge in [-0.15, -0.1) is 0 Å². The van der Waals surface area contributed by atoms with Crippen LogP contribution in [0.25, 0.3) is 0 Å². The number of fused-ring (bicyclic) bond motifs is 1. The standard InChI is InChI=1S/C30H42O8Si/c1-8-19-10-11-21(17-20(19)15-18-9-12-22-23(16-18)37-14-13-36-22)30(35-5)27(33)25(32)24(31)26(38-30)28(34)39(6,7)29(2,3)4/h9-12,16-17,24-27,31-33H,8,13-15H2,1-7H3/t24-,25-,26+,27+,30?/m0/s1. The maximum absolute atomic E-state index is 13.8. The monoisotopic (exact) mass is 558 g/mol. The zero-order valence-corrected chi connectivity index (χ0v) is 25.0. The van der Waals surface area contributed by atoms with Crippen molar-refractivity contribution in [1.29, 1.82) is 0 Å². The van der Waals surface area contributed by atoms with Gasteiger partial charge < -0.3 is 39.1 Å². The molecule has 8 nitrogen and oxygen atoms in total. The molecule has 2 aromatic carbocycles. The lowest BCUT2D eigenvalue weighted by atomic mass is 9.85. The Hall–Kier alpha value is -2.27. The third kappa shape index (κ3) is 5.28. The number of ether oxygens (including phenoxy) is 4. The predicted octanol–water partition coefficient (Wildman–Crippen LogP) is 3.51. The summed E-state index contributed by atoms with van der Waals surface area (Å²) in [5.41, 5.74) is 3.55. The lowest BCUT2D eigenvalue weighted by Gasteiger charge is -2.49. The van der Waals surface area contributed by atoms with Crippen LogP contribution in [0.1, 0.15) is 49.9 Å². The van der Waals surface area contributed by atoms with Gasteiger partial charge in [0, 0.05) is 12.7 Å². The van der Waals surface area contributed by atoms with E-state index in [1.165, 1.54) is 7.11 Å². The molecule has 2 heterocycles. The molecule has 5 atom stereocenters. The van der Waals surface area contributed by atoms with E-state index in [9.17, 15) is 20.1 Å². The number of carbonyl (C=O) groups is 1. The highest BCUT2D eigenvalue weighted by Crippen LogP contribution is 2.44. The molecule has 2 aromatic rings. The third-order valence-electron chi connectivity index (χ3n) is 8.72. The molecule has 0 spiro atoms. The molecule has 3 N–H and O–H groups in total. The Bertz CT molecular complexity index is 1210. The van der Waals surface area contributed by atoms with Gasteiger partial charge in [0.05, 0.1) is 0 Å². The van der Waals surface area contributed by atoms with Crippen molar-refractivity contribution >= 4 is 13.5 Å². The van der Waals surface area contributed by atoms with Gasteiger partial charge in [-0.3, -0.25) is 0 Å². The molecule has 0 amide bonds. The number of carbonyl (C=O) groups excluding carboxylic acids is 1. The molecule has 0 saturated carbocycles. The third-order valence-corrected chi connectivity index (χ3v) is 14.0. The van der Waals surface area contributed by atoms with Crippen LogP contribution in [0.4, 0.5) is 0 Å². The summed E-state index contributed by atoms with van der Waals surface area (Å²) < 4.78 is 23.5. The van der Waals surface area contributed by atoms with Crippen LogP contribution >= 0.6 is 0 Å². The second-order valence-corrected chi connectivity index (χ2v) is 17.3. The van der Waals surface area contributed by atoms with E-state index in [1.807, 2.05) is 64.2 Å². The molecule has 4 rings (SSSR count). The average molecular weight is 559 g/mol. The first-order valence-corrected chi connectivity index (χ1v) is 16.6. The van der Waals surface area contributed by atoms with E-state index in [1.54, 1.807) is 6.07 Å². The van der Waals surface area contributed by atoms with Crippen molar-refractivity contribution < 1.29 is 39.1 Å². The van der Waals surface area contributed by atoms with Gasteiger partial charge in [-0.1, -0.05) is 59.0 Å². The summed E-state index contributed by atoms with van der Waals surface area (Å²) in [4.78, 5) is 13.8. The highest BCUT2D eigenvalue weighted by Gasteiger charge is 2.59. The van der Waals surface area contributed by atoms with Crippen molar-refractivity contribution in [3.8, 4) is 11.5 Å². The van der Waals surface area contributed by atoms with Gasteiger partial charge in [-0.05, 0) is 52.8 Å². The number of aryl methyl sites for hydroxylation is 1. The van der Waals surface area contributed by atoms with E-state index in [0.717, 1.165) is 28.9 Å². The molecule has 1 unspecified atom stereocenters. The molecule has 2 aliphatic rings. The van der Waals surface area contributed by atoms with Crippen LogP contribution in [-0.4, -0.2) is 73.5 Å². The Labute approximate surface area is 231 Å². The zero-order valence-electron chi connectivity index (χ0n) is 24.0. The number of benzene rings is 2. The summed E-state index contributed by atoms with van der Waals surface area (Å²) in [6.07, 6.45) is -4.87. The first-order chi connectivity index (χ1) is 18.3. The average Bonchev–Trinajstić information content (AvgIpc) is 2.91. The van der Waals surface area contributed by atoms with Crippen molar-refractivity contribution in [3.63, 3.8) is 0 Å². The first-order valence-electron chi connectivity index (χ1n) is 13.6. The topological polar surface area (TPSA) is 115 Å². The molecule has 2 aliphatic heterocycles. The van der Waals surface area contributed by atoms with Crippen molar-refractivity contribution in [2.45, 2.75) is 88.9 Å². The fourth-order valence-corrected chi connectivity index (χ4v) is 6.83. The van der Waals surface area contributed by atoms with Crippen molar-refractivity contribution in [2.24, 2.45) is 0 Å². The van der Waals surface area contributed by atoms with E-state index >= 15 is 0 Å². The molecule has 1 saturated heterocycles. The second kappa shape index (κ2) is 11.0. The lowest BCUT2D eigenvalue weighted by molar-refractivity contribution is -0.355. The summed E-state index contributed by atoms with van der Waals surface area (Å²) in [6, 6.07) is 11.5. The molecular weight excluding hydrogens is 516 g/mol. The van der Waals surface area contributed by atoms with Crippen molar-refractivity contribution in [1.82, 2.24) is 0 Å². The van der Waals surface area contributed by atoms with Gasteiger partial charge in [-0.25, -0.2) is 0 Å². The summed E-state index contributed by atoms with van der Waals surface area (Å²) in [5, 5.41) is 32.5. The van der Waals surface area contributed by atoms with Crippen molar-refractivity contribution in [2.75, 3.05) is 20.3 Å². The van der Waals surface area contributed by atoms with Crippen LogP contribution in [-0.2, 0) is 32.9 Å². The lowest BCUT2D eigenvalue weighted by Crippen LogP contribution is -2.68. The molecule has 214 valence electrons. The quantitative estimate of drug-likeness (QED) is 0.443. The minimum Gasteiger partial charge on any atom is -0.486 e. The summed E-state index contributed by atoms with van der Waals surface area (Å²) >= 11 is 0. The number of hydrogen-bond acceptors (Lipinski definition) is 8. The second-order valence-electron chi connectivity index (χ2n) is 12.1. The van der Waals surface area contributed by atoms with Gasteiger partial charge in [0.1, 0.15) is 51.1 Å². The first kappa shape index (κ1) is 29.7. The number of methoxy groups -OCH3 is 1. The van der Waals surface area contributed by atoms with Gasteiger partial charge in [0.2, 0.25) is 5.79 Å². The van der Waals surface area contributed by atoms with Gasteiger partial charge in [0.25, 0.3) is 0 Å². The van der Waals surface area contributed by atoms with Crippen LogP contribution in [0.2, 0.25) is 18.1 Å². The Morgan fingerprint density at radius 2 is 1.67 bits per heavy atom. The molecule has 0 radical (unpaired) electrons. The van der Waals surface area contributed by atoms with E-state index < -0.39 is 38.3 Å². The van der Waals surface area contributed by atoms with E-state index in [2.05, 4.69) is 6.92 Å². The van der Waals surface area contributed by atoms with Crippen LogP contribution in [0.3, 0.4) is 0 Å². The molecule has 9 heteroatoms. The largest absolute Gasteiger partial charge is 0.486 e. The van der Waals surface area contributed by atoms with Gasteiger partial charge in [0.15, 0.2) is 11.5 Å². The molecule has 0 aromatic heterocycles. The number of aliphatic hydroxyl groups excluding tert-OH is 3. The van der Waals surface area contributed by atoms with Crippen LogP contribution in [0.15, 0.2) is 36.4 Å². The Kier molecular flexibility index (Phi) is 8.34. The Morgan fingerprint density at radius 1 is 1.00 bits per heavy atom. The molecule has 39 heavy (non-hydrogen) atoms. The zero-order chi connectivity index (χ0) is 28.8.